The summed E-state index contributed by atoms with van der Waals surface area (Å²) in [6.45, 7) is 5.95. The van der Waals surface area contributed by atoms with Gasteiger partial charge in [-0.05, 0) is 11.8 Å². The second kappa shape index (κ2) is 6.29. The molecule has 0 bridgehead atoms. The van der Waals surface area contributed by atoms with Crippen molar-refractivity contribution in [3.63, 3.8) is 0 Å². The van der Waals surface area contributed by atoms with Gasteiger partial charge in [0.1, 0.15) is 0 Å². The molecule has 10 heavy (non-hydrogen) atoms. The molecule has 0 aromatic carbocycles. The van der Waals surface area contributed by atoms with Gasteiger partial charge in [-0.3, -0.25) is 0 Å². The average Bonchev–Trinajstić information content (AvgIpc) is 1.84. The molecule has 57 valence electrons. The van der Waals surface area contributed by atoms with Gasteiger partial charge in [0.2, 0.25) is 0 Å². The van der Waals surface area contributed by atoms with Crippen LogP contribution in [0.5, 0.6) is 0 Å². The number of hydrogen-bond acceptors (Lipinski definition) is 1. The van der Waals surface area contributed by atoms with Gasteiger partial charge in [0.15, 0.2) is 0 Å². The van der Waals surface area contributed by atoms with E-state index in [1.54, 1.807) is 7.05 Å². The van der Waals surface area contributed by atoms with Crippen molar-refractivity contribution in [1.82, 2.24) is 0 Å². The van der Waals surface area contributed by atoms with Gasteiger partial charge in [-0.1, -0.05) is 20.8 Å². The van der Waals surface area contributed by atoms with E-state index in [-0.39, 0.29) is 44.5 Å². The summed E-state index contributed by atoms with van der Waals surface area (Å²) < 4.78 is 0. The first-order chi connectivity index (χ1) is 4.09. The SMILES string of the molecule is C[N-]C(=O)C(C)C(C)C.[Y]. The van der Waals surface area contributed by atoms with E-state index in [9.17, 15) is 4.79 Å². The first-order valence-electron chi connectivity index (χ1n) is 3.23. The summed E-state index contributed by atoms with van der Waals surface area (Å²) >= 11 is 0. The summed E-state index contributed by atoms with van der Waals surface area (Å²) in [5, 5.41) is 3.57. The van der Waals surface area contributed by atoms with Crippen LogP contribution in [0.15, 0.2) is 0 Å². The van der Waals surface area contributed by atoms with Crippen LogP contribution in [-0.2, 0) is 37.5 Å². The van der Waals surface area contributed by atoms with E-state index in [0.29, 0.717) is 5.92 Å². The van der Waals surface area contributed by atoms with Crippen LogP contribution < -0.4 is 0 Å². The Morgan fingerprint density at radius 1 is 1.30 bits per heavy atom. The van der Waals surface area contributed by atoms with Crippen LogP contribution in [0.2, 0.25) is 0 Å². The minimum atomic E-state index is 0. The molecule has 3 heteroatoms. The predicted octanol–water partition coefficient (Wildman–Crippen LogP) is 1.81. The van der Waals surface area contributed by atoms with Crippen LogP contribution >= 0.6 is 0 Å². The fourth-order valence-corrected chi connectivity index (χ4v) is 0.489. The van der Waals surface area contributed by atoms with Crippen LogP contribution in [0.3, 0.4) is 0 Å². The molecule has 2 nitrogen and oxygen atoms in total. The smallest absolute Gasteiger partial charge is 0.0540 e. The van der Waals surface area contributed by atoms with Gasteiger partial charge < -0.3 is 10.1 Å². The third-order valence-electron chi connectivity index (χ3n) is 1.61. The molecule has 1 atom stereocenters. The molecule has 0 aliphatic heterocycles. The van der Waals surface area contributed by atoms with Crippen molar-refractivity contribution in [2.24, 2.45) is 11.8 Å². The van der Waals surface area contributed by atoms with E-state index in [2.05, 4.69) is 5.32 Å². The molecule has 0 saturated carbocycles. The maximum absolute atomic E-state index is 10.8. The molecule has 1 radical (unpaired) electrons. The summed E-state index contributed by atoms with van der Waals surface area (Å²) in [5.41, 5.74) is 0. The summed E-state index contributed by atoms with van der Waals surface area (Å²) in [7, 11) is 1.54. The Labute approximate surface area is 88.0 Å². The third-order valence-corrected chi connectivity index (χ3v) is 1.61. The molecule has 0 aliphatic carbocycles. The molecule has 0 heterocycles. The molecule has 1 amide bonds. The Hall–Kier alpha value is 0.574. The standard InChI is InChI=1S/C7H15NO.Y/c1-5(2)6(3)7(9)8-4;/h5-6H,1-4H3,(H,8,9);/p-1. The topological polar surface area (TPSA) is 31.2 Å². The number of hydrogen-bond donors (Lipinski definition) is 0. The normalized spacial score (nSPS) is 12.1. The van der Waals surface area contributed by atoms with Crippen molar-refractivity contribution >= 4 is 5.91 Å². The fraction of sp³-hybridized carbons (Fsp3) is 0.857. The molecule has 0 aromatic heterocycles. The largest absolute Gasteiger partial charge is 0.656 e. The second-order valence-corrected chi connectivity index (χ2v) is 2.59. The molecule has 1 unspecified atom stereocenters. The summed E-state index contributed by atoms with van der Waals surface area (Å²) in [6, 6.07) is 0. The number of amides is 1. The van der Waals surface area contributed by atoms with Gasteiger partial charge in [0, 0.05) is 32.7 Å². The van der Waals surface area contributed by atoms with E-state index in [4.69, 9.17) is 0 Å². The van der Waals surface area contributed by atoms with Crippen LogP contribution in [0, 0.1) is 11.8 Å². The zero-order valence-electron chi connectivity index (χ0n) is 7.09. The van der Waals surface area contributed by atoms with Gasteiger partial charge in [0.05, 0.1) is 5.91 Å². The molecular weight excluding hydrogens is 203 g/mol. The number of carbonyl (C=O) groups excluding carboxylic acids is 1. The Morgan fingerprint density at radius 2 is 1.70 bits per heavy atom. The van der Waals surface area contributed by atoms with Crippen LogP contribution in [0.25, 0.3) is 5.32 Å². The Bertz CT molecular complexity index is 104. The van der Waals surface area contributed by atoms with Crippen LogP contribution in [0.1, 0.15) is 20.8 Å². The van der Waals surface area contributed by atoms with Gasteiger partial charge in [-0.25, -0.2) is 0 Å². The molecule has 0 rings (SSSR count). The fourth-order valence-electron chi connectivity index (χ4n) is 0.489. The van der Waals surface area contributed by atoms with E-state index < -0.39 is 0 Å². The quantitative estimate of drug-likeness (QED) is 0.693. The molecule has 0 fully saturated rings. The minimum absolute atomic E-state index is 0. The number of rotatable bonds is 2. The maximum atomic E-state index is 10.8. The molecule has 0 spiro atoms. The third kappa shape index (κ3) is 4.40. The zero-order chi connectivity index (χ0) is 7.44. The summed E-state index contributed by atoms with van der Waals surface area (Å²) in [4.78, 5) is 10.8. The van der Waals surface area contributed by atoms with E-state index in [1.165, 1.54) is 0 Å². The van der Waals surface area contributed by atoms with E-state index in [0.717, 1.165) is 0 Å². The molecule has 0 aliphatic rings. The minimum Gasteiger partial charge on any atom is -0.656 e. The van der Waals surface area contributed by atoms with Gasteiger partial charge in [-0.2, -0.15) is 0 Å². The van der Waals surface area contributed by atoms with Crippen molar-refractivity contribution in [1.29, 1.82) is 0 Å². The van der Waals surface area contributed by atoms with Crippen LogP contribution in [0.4, 0.5) is 0 Å². The molecule has 0 aromatic rings. The van der Waals surface area contributed by atoms with Gasteiger partial charge in [-0.15, -0.1) is 7.05 Å². The second-order valence-electron chi connectivity index (χ2n) is 2.59. The van der Waals surface area contributed by atoms with Crippen molar-refractivity contribution in [2.75, 3.05) is 7.05 Å². The number of carbonyl (C=O) groups is 1. The Balaban J connectivity index is 0. The molecule has 0 N–H and O–H groups in total. The molecule has 0 saturated heterocycles. The average molecular weight is 217 g/mol. The van der Waals surface area contributed by atoms with Crippen molar-refractivity contribution in [2.45, 2.75) is 20.8 Å². The van der Waals surface area contributed by atoms with Crippen molar-refractivity contribution < 1.29 is 37.5 Å². The predicted molar refractivity (Wildman–Crippen MR) is 38.3 cm³/mol. The number of nitrogens with zero attached hydrogens (tertiary/aromatic N) is 1. The van der Waals surface area contributed by atoms with Crippen LogP contribution in [-0.4, -0.2) is 13.0 Å². The Kier molecular flexibility index (Phi) is 8.30. The van der Waals surface area contributed by atoms with Crippen molar-refractivity contribution in [3.8, 4) is 0 Å². The van der Waals surface area contributed by atoms with E-state index in [1.807, 2.05) is 20.8 Å². The zero-order valence-corrected chi connectivity index (χ0v) is 9.93. The summed E-state index contributed by atoms with van der Waals surface area (Å²) in [5.74, 6) is 0.487. The maximum Gasteiger partial charge on any atom is 0.0540 e. The van der Waals surface area contributed by atoms with Gasteiger partial charge in [0.25, 0.3) is 0 Å². The monoisotopic (exact) mass is 217 g/mol. The van der Waals surface area contributed by atoms with E-state index >= 15 is 0 Å². The van der Waals surface area contributed by atoms with Crippen molar-refractivity contribution in [3.05, 3.63) is 5.32 Å². The molecular formula is C7H14NOY-. The van der Waals surface area contributed by atoms with Gasteiger partial charge >= 0.3 is 0 Å². The first kappa shape index (κ1) is 13.2. The first-order valence-corrected chi connectivity index (χ1v) is 3.23. The summed E-state index contributed by atoms with van der Waals surface area (Å²) in [6.07, 6.45) is 0. The Morgan fingerprint density at radius 3 is 1.80 bits per heavy atom.